The molecular weight excluding hydrogens is 494 g/mol. The summed E-state index contributed by atoms with van der Waals surface area (Å²) in [7, 11) is 0. The Morgan fingerprint density at radius 2 is 0.974 bits per heavy atom. The molecule has 0 spiro atoms. The molecule has 0 N–H and O–H groups in total. The Hall–Kier alpha value is -4.93. The molecule has 0 bridgehead atoms. The van der Waals surface area contributed by atoms with Crippen LogP contribution in [0.5, 0.6) is 0 Å². The molecule has 0 unspecified atom stereocenters. The van der Waals surface area contributed by atoms with Gasteiger partial charge in [-0.25, -0.2) is 0 Å². The Balaban J connectivity index is 1.34. The molecule has 4 heteroatoms. The zero-order chi connectivity index (χ0) is 25.5. The minimum atomic E-state index is 1.13. The minimum absolute atomic E-state index is 1.13. The highest BCUT2D eigenvalue weighted by Crippen LogP contribution is 2.41. The van der Waals surface area contributed by atoms with Gasteiger partial charge >= 0.3 is 0 Å². The summed E-state index contributed by atoms with van der Waals surface area (Å²) in [6.45, 7) is 0. The van der Waals surface area contributed by atoms with Gasteiger partial charge in [-0.05, 0) is 42.5 Å². The highest BCUT2D eigenvalue weighted by Gasteiger charge is 2.18. The average Bonchev–Trinajstić information content (AvgIpc) is 3.65. The van der Waals surface area contributed by atoms with Gasteiger partial charge in [0, 0.05) is 48.9 Å². The fraction of sp³-hybridized carbons (Fsp3) is 0. The number of pyridine rings is 1. The SMILES string of the molecule is c1ccc2c(c1)c1ccccc1n2-c1ccc2sc3c(-n4c5ccccc5c5ccccc54)cncc3c2c1. The van der Waals surface area contributed by atoms with Crippen molar-refractivity contribution in [2.75, 3.05) is 0 Å². The number of thiophene rings is 1. The van der Waals surface area contributed by atoms with E-state index in [-0.39, 0.29) is 0 Å². The van der Waals surface area contributed by atoms with E-state index in [1.165, 1.54) is 69.5 Å². The molecule has 0 aliphatic rings. The molecule has 0 amide bonds. The smallest absolute Gasteiger partial charge is 0.0825 e. The van der Waals surface area contributed by atoms with Gasteiger partial charge < -0.3 is 9.13 Å². The van der Waals surface area contributed by atoms with Crippen molar-refractivity contribution >= 4 is 75.1 Å². The van der Waals surface area contributed by atoms with Crippen LogP contribution in [0.15, 0.2) is 128 Å². The summed E-state index contributed by atoms with van der Waals surface area (Å²) >= 11 is 1.85. The molecule has 4 heterocycles. The maximum Gasteiger partial charge on any atom is 0.0825 e. The molecule has 182 valence electrons. The van der Waals surface area contributed by atoms with E-state index >= 15 is 0 Å². The van der Waals surface area contributed by atoms with Crippen LogP contribution in [0, 0.1) is 0 Å². The van der Waals surface area contributed by atoms with Crippen molar-refractivity contribution in [2.24, 2.45) is 0 Å². The van der Waals surface area contributed by atoms with Crippen molar-refractivity contribution in [3.63, 3.8) is 0 Å². The van der Waals surface area contributed by atoms with E-state index in [0.717, 1.165) is 5.69 Å². The topological polar surface area (TPSA) is 22.8 Å². The molecular formula is C35H21N3S. The van der Waals surface area contributed by atoms with E-state index in [2.05, 4.69) is 124 Å². The lowest BCUT2D eigenvalue weighted by Gasteiger charge is -2.09. The largest absolute Gasteiger partial charge is 0.309 e. The number of hydrogen-bond acceptors (Lipinski definition) is 2. The summed E-state index contributed by atoms with van der Waals surface area (Å²) in [5, 5.41) is 7.51. The number of nitrogens with zero attached hydrogens (tertiary/aromatic N) is 3. The summed E-state index contributed by atoms with van der Waals surface area (Å²) in [4.78, 5) is 4.78. The zero-order valence-corrected chi connectivity index (χ0v) is 21.7. The van der Waals surface area contributed by atoms with Gasteiger partial charge in [0.15, 0.2) is 0 Å². The van der Waals surface area contributed by atoms with Gasteiger partial charge in [-0.3, -0.25) is 4.98 Å². The van der Waals surface area contributed by atoms with Crippen molar-refractivity contribution in [2.45, 2.75) is 0 Å². The van der Waals surface area contributed by atoms with Gasteiger partial charge in [0.25, 0.3) is 0 Å². The molecule has 0 aliphatic carbocycles. The maximum atomic E-state index is 4.78. The molecule has 9 rings (SSSR count). The van der Waals surface area contributed by atoms with Crippen LogP contribution < -0.4 is 0 Å². The highest BCUT2D eigenvalue weighted by atomic mass is 32.1. The first-order valence-corrected chi connectivity index (χ1v) is 14.0. The lowest BCUT2D eigenvalue weighted by atomic mass is 10.1. The Morgan fingerprint density at radius 3 is 1.54 bits per heavy atom. The van der Waals surface area contributed by atoms with Gasteiger partial charge in [-0.15, -0.1) is 11.3 Å². The second kappa shape index (κ2) is 7.79. The second-order valence-corrected chi connectivity index (χ2v) is 11.1. The average molecular weight is 516 g/mol. The number of hydrogen-bond donors (Lipinski definition) is 0. The number of fused-ring (bicyclic) bond motifs is 9. The van der Waals surface area contributed by atoms with E-state index in [9.17, 15) is 0 Å². The first-order valence-electron chi connectivity index (χ1n) is 13.1. The molecule has 3 nitrogen and oxygen atoms in total. The first-order chi connectivity index (χ1) is 19.4. The minimum Gasteiger partial charge on any atom is -0.309 e. The van der Waals surface area contributed by atoms with E-state index in [1.54, 1.807) is 0 Å². The number of benzene rings is 5. The molecule has 39 heavy (non-hydrogen) atoms. The van der Waals surface area contributed by atoms with Gasteiger partial charge in [-0.2, -0.15) is 0 Å². The summed E-state index contributed by atoms with van der Waals surface area (Å²) in [5.74, 6) is 0. The Bertz CT molecular complexity index is 2300. The standard InChI is InChI=1S/C35H21N3S/c1-5-13-29-23(9-1)24-10-2-6-14-30(24)37(29)22-17-18-34-27(19-22)28-20-36-21-33(35(28)39-34)38-31-15-7-3-11-25(31)26-12-4-8-16-32(26)38/h1-21H. The Morgan fingerprint density at radius 1 is 0.462 bits per heavy atom. The van der Waals surface area contributed by atoms with E-state index in [4.69, 9.17) is 4.98 Å². The zero-order valence-electron chi connectivity index (χ0n) is 20.9. The van der Waals surface area contributed by atoms with Crippen LogP contribution in [0.4, 0.5) is 0 Å². The maximum absolute atomic E-state index is 4.78. The van der Waals surface area contributed by atoms with Crippen LogP contribution in [0.25, 0.3) is 75.2 Å². The fourth-order valence-electron chi connectivity index (χ4n) is 6.35. The van der Waals surface area contributed by atoms with Gasteiger partial charge in [0.05, 0.1) is 38.7 Å². The van der Waals surface area contributed by atoms with Crippen molar-refractivity contribution in [1.82, 2.24) is 14.1 Å². The van der Waals surface area contributed by atoms with Crippen molar-refractivity contribution in [1.29, 1.82) is 0 Å². The third-order valence-electron chi connectivity index (χ3n) is 8.00. The summed E-state index contributed by atoms with van der Waals surface area (Å²) < 4.78 is 7.29. The predicted octanol–water partition coefficient (Wildman–Crippen LogP) is 9.64. The molecule has 0 fully saturated rings. The third kappa shape index (κ3) is 2.84. The summed E-state index contributed by atoms with van der Waals surface area (Å²) in [6, 6.07) is 41.5. The molecule has 0 aliphatic heterocycles. The quantitative estimate of drug-likeness (QED) is 0.225. The van der Waals surface area contributed by atoms with Gasteiger partial charge in [-0.1, -0.05) is 72.8 Å². The van der Waals surface area contributed by atoms with Crippen LogP contribution in [0.2, 0.25) is 0 Å². The van der Waals surface area contributed by atoms with E-state index in [0.29, 0.717) is 0 Å². The number of aromatic nitrogens is 3. The molecule has 9 aromatic rings. The molecule has 5 aromatic carbocycles. The van der Waals surface area contributed by atoms with Crippen LogP contribution in [-0.2, 0) is 0 Å². The Kier molecular flexibility index (Phi) is 4.21. The molecule has 0 radical (unpaired) electrons. The molecule has 0 atom stereocenters. The summed E-state index contributed by atoms with van der Waals surface area (Å²) in [6.07, 6.45) is 4.05. The van der Waals surface area contributed by atoms with Crippen LogP contribution in [0.1, 0.15) is 0 Å². The van der Waals surface area contributed by atoms with E-state index < -0.39 is 0 Å². The third-order valence-corrected chi connectivity index (χ3v) is 9.21. The van der Waals surface area contributed by atoms with Crippen molar-refractivity contribution in [3.05, 3.63) is 128 Å². The molecule has 4 aromatic heterocycles. The first kappa shape index (κ1) is 21.1. The number of para-hydroxylation sites is 4. The Labute approximate surface area is 227 Å². The van der Waals surface area contributed by atoms with Gasteiger partial charge in [0.1, 0.15) is 0 Å². The van der Waals surface area contributed by atoms with Crippen molar-refractivity contribution < 1.29 is 0 Å². The van der Waals surface area contributed by atoms with Crippen LogP contribution in [-0.4, -0.2) is 14.1 Å². The van der Waals surface area contributed by atoms with Gasteiger partial charge in [0.2, 0.25) is 0 Å². The predicted molar refractivity (Wildman–Crippen MR) is 166 cm³/mol. The lowest BCUT2D eigenvalue weighted by molar-refractivity contribution is 1.17. The molecule has 0 saturated heterocycles. The lowest BCUT2D eigenvalue weighted by Crippen LogP contribution is -1.95. The van der Waals surface area contributed by atoms with Crippen LogP contribution in [0.3, 0.4) is 0 Å². The number of rotatable bonds is 2. The highest BCUT2D eigenvalue weighted by molar-refractivity contribution is 7.26. The normalized spacial score (nSPS) is 12.1. The van der Waals surface area contributed by atoms with Crippen LogP contribution >= 0.6 is 11.3 Å². The summed E-state index contributed by atoms with van der Waals surface area (Å²) in [5.41, 5.74) is 7.16. The van der Waals surface area contributed by atoms with E-state index in [1.807, 2.05) is 23.7 Å². The molecule has 0 saturated carbocycles. The second-order valence-electron chi connectivity index (χ2n) is 10.1. The monoisotopic (exact) mass is 515 g/mol. The van der Waals surface area contributed by atoms with Crippen molar-refractivity contribution in [3.8, 4) is 11.4 Å². The fourth-order valence-corrected chi connectivity index (χ4v) is 7.50.